The maximum atomic E-state index is 13.0. The van der Waals surface area contributed by atoms with Crippen LogP contribution in [0.1, 0.15) is 27.9 Å². The Labute approximate surface area is 193 Å². The van der Waals surface area contributed by atoms with Gasteiger partial charge in [0.25, 0.3) is 0 Å². The number of nitrogens with zero attached hydrogens (tertiary/aromatic N) is 3. The van der Waals surface area contributed by atoms with Crippen LogP contribution in [0.25, 0.3) is 27.5 Å². The monoisotopic (exact) mass is 434 g/mol. The van der Waals surface area contributed by atoms with E-state index in [4.69, 9.17) is 4.98 Å². The fourth-order valence-corrected chi connectivity index (χ4v) is 4.51. The number of nitrogens with one attached hydrogen (secondary N) is 1. The molecule has 0 saturated carbocycles. The number of carbonyl (C=O) groups excluding carboxylic acids is 1. The summed E-state index contributed by atoms with van der Waals surface area (Å²) in [6.07, 6.45) is 0.286. The van der Waals surface area contributed by atoms with Crippen LogP contribution in [0.2, 0.25) is 0 Å². The van der Waals surface area contributed by atoms with Crippen molar-refractivity contribution in [3.63, 3.8) is 0 Å². The van der Waals surface area contributed by atoms with E-state index in [0.717, 1.165) is 44.1 Å². The predicted molar refractivity (Wildman–Crippen MR) is 134 cm³/mol. The van der Waals surface area contributed by atoms with Gasteiger partial charge in [0, 0.05) is 11.5 Å². The van der Waals surface area contributed by atoms with Crippen LogP contribution >= 0.6 is 0 Å². The van der Waals surface area contributed by atoms with Crippen LogP contribution in [-0.4, -0.2) is 20.7 Å². The Kier molecular flexibility index (Phi) is 5.17. The van der Waals surface area contributed by atoms with Crippen molar-refractivity contribution in [2.45, 2.75) is 34.1 Å². The molecule has 0 spiro atoms. The van der Waals surface area contributed by atoms with Gasteiger partial charge in [-0.1, -0.05) is 54.1 Å². The summed E-state index contributed by atoms with van der Waals surface area (Å²) < 4.78 is 1.72. The largest absolute Gasteiger partial charge is 0.310 e. The van der Waals surface area contributed by atoms with Gasteiger partial charge >= 0.3 is 0 Å². The summed E-state index contributed by atoms with van der Waals surface area (Å²) in [5, 5.41) is 11.0. The van der Waals surface area contributed by atoms with Crippen LogP contribution in [0.4, 0.5) is 5.82 Å². The summed E-state index contributed by atoms with van der Waals surface area (Å²) in [6, 6.07) is 22.4. The van der Waals surface area contributed by atoms with E-state index in [-0.39, 0.29) is 12.3 Å². The van der Waals surface area contributed by atoms with Crippen LogP contribution in [0, 0.1) is 27.7 Å². The molecule has 5 nitrogen and oxygen atoms in total. The highest BCUT2D eigenvalue weighted by molar-refractivity contribution is 5.96. The lowest BCUT2D eigenvalue weighted by Gasteiger charge is -2.13. The van der Waals surface area contributed by atoms with Crippen LogP contribution < -0.4 is 5.32 Å². The van der Waals surface area contributed by atoms with Crippen molar-refractivity contribution in [2.24, 2.45) is 0 Å². The minimum absolute atomic E-state index is 0.0863. The number of fused-ring (bicyclic) bond motifs is 2. The van der Waals surface area contributed by atoms with Gasteiger partial charge in [-0.2, -0.15) is 9.78 Å². The molecule has 0 radical (unpaired) electrons. The molecular formula is C28H26N4O. The molecule has 164 valence electrons. The van der Waals surface area contributed by atoms with Crippen LogP contribution in [-0.2, 0) is 11.2 Å². The molecule has 5 aromatic rings. The van der Waals surface area contributed by atoms with Crippen molar-refractivity contribution >= 4 is 33.4 Å². The number of hydrogen-bond donors (Lipinski definition) is 1. The normalized spacial score (nSPS) is 11.3. The van der Waals surface area contributed by atoms with Gasteiger partial charge in [-0.15, -0.1) is 0 Å². The van der Waals surface area contributed by atoms with E-state index in [9.17, 15) is 4.79 Å². The van der Waals surface area contributed by atoms with Crippen molar-refractivity contribution in [3.8, 4) is 5.82 Å². The Hall–Kier alpha value is -3.99. The number of pyridine rings is 1. The maximum absolute atomic E-state index is 13.0. The molecule has 2 aromatic heterocycles. The lowest BCUT2D eigenvalue weighted by molar-refractivity contribution is -0.115. The van der Waals surface area contributed by atoms with Crippen molar-refractivity contribution in [3.05, 3.63) is 94.7 Å². The van der Waals surface area contributed by atoms with E-state index in [1.807, 2.05) is 43.3 Å². The zero-order valence-corrected chi connectivity index (χ0v) is 19.3. The Morgan fingerprint density at radius 2 is 1.67 bits per heavy atom. The van der Waals surface area contributed by atoms with E-state index >= 15 is 0 Å². The van der Waals surface area contributed by atoms with Gasteiger partial charge in [-0.05, 0) is 67.3 Å². The number of aromatic nitrogens is 3. The second-order valence-electron chi connectivity index (χ2n) is 8.72. The molecule has 1 N–H and O–H groups in total. The van der Waals surface area contributed by atoms with Crippen molar-refractivity contribution in [1.29, 1.82) is 0 Å². The first-order valence-corrected chi connectivity index (χ1v) is 11.1. The van der Waals surface area contributed by atoms with Gasteiger partial charge in [0.05, 0.1) is 17.6 Å². The topological polar surface area (TPSA) is 59.8 Å². The van der Waals surface area contributed by atoms with Gasteiger partial charge in [0.2, 0.25) is 5.91 Å². The molecule has 5 rings (SSSR count). The first kappa shape index (κ1) is 20.9. The summed E-state index contributed by atoms with van der Waals surface area (Å²) in [5.41, 5.74) is 6.24. The number of amides is 1. The smallest absolute Gasteiger partial charge is 0.229 e. The fourth-order valence-electron chi connectivity index (χ4n) is 4.51. The summed E-state index contributed by atoms with van der Waals surface area (Å²) in [4.78, 5) is 17.9. The zero-order chi connectivity index (χ0) is 23.1. The highest BCUT2D eigenvalue weighted by atomic mass is 16.1. The third-order valence-electron chi connectivity index (χ3n) is 5.99. The standard InChI is InChI=1S/C28H26N4O/c1-17-12-19(3)28-24(13-17)18(2)14-25(30-28)32-26(15-20(4)31-32)29-27(33)16-22-10-7-9-21-8-5-6-11-23(21)22/h5-15H,16H2,1-4H3,(H,29,33). The van der Waals surface area contributed by atoms with Gasteiger partial charge in [-0.3, -0.25) is 4.79 Å². The highest BCUT2D eigenvalue weighted by Crippen LogP contribution is 2.26. The first-order chi connectivity index (χ1) is 15.9. The molecule has 0 unspecified atom stereocenters. The van der Waals surface area contributed by atoms with Gasteiger partial charge in [-0.25, -0.2) is 4.98 Å². The Morgan fingerprint density at radius 3 is 2.52 bits per heavy atom. The highest BCUT2D eigenvalue weighted by Gasteiger charge is 2.15. The molecular weight excluding hydrogens is 408 g/mol. The zero-order valence-electron chi connectivity index (χ0n) is 19.3. The van der Waals surface area contributed by atoms with Crippen LogP contribution in [0.15, 0.2) is 66.7 Å². The second-order valence-corrected chi connectivity index (χ2v) is 8.72. The van der Waals surface area contributed by atoms with Crippen molar-refractivity contribution in [2.75, 3.05) is 5.32 Å². The fraction of sp³-hybridized carbons (Fsp3) is 0.179. The van der Waals surface area contributed by atoms with Gasteiger partial charge in [0.1, 0.15) is 5.82 Å². The average molecular weight is 435 g/mol. The first-order valence-electron chi connectivity index (χ1n) is 11.1. The number of aryl methyl sites for hydroxylation is 4. The number of rotatable bonds is 4. The molecule has 0 aliphatic heterocycles. The predicted octanol–water partition coefficient (Wildman–Crippen LogP) is 5.99. The molecule has 0 atom stereocenters. The molecule has 5 heteroatoms. The molecule has 0 aliphatic rings. The number of anilines is 1. The summed E-state index contributed by atoms with van der Waals surface area (Å²) in [6.45, 7) is 8.17. The third-order valence-corrected chi connectivity index (χ3v) is 5.99. The molecule has 0 fully saturated rings. The Morgan fingerprint density at radius 1 is 0.879 bits per heavy atom. The molecule has 0 saturated heterocycles. The van der Waals surface area contributed by atoms with E-state index in [1.165, 1.54) is 5.56 Å². The van der Waals surface area contributed by atoms with Crippen molar-refractivity contribution < 1.29 is 4.79 Å². The summed E-state index contributed by atoms with van der Waals surface area (Å²) in [5.74, 6) is 1.23. The summed E-state index contributed by atoms with van der Waals surface area (Å²) >= 11 is 0. The SMILES string of the molecule is Cc1cc(C)c2nc(-n3nc(C)cc3NC(=O)Cc3cccc4ccccc34)cc(C)c2c1. The van der Waals surface area contributed by atoms with Gasteiger partial charge in [0.15, 0.2) is 5.82 Å². The number of benzene rings is 3. The van der Waals surface area contributed by atoms with Crippen LogP contribution in [0.3, 0.4) is 0 Å². The molecule has 0 bridgehead atoms. The molecule has 0 aliphatic carbocycles. The van der Waals surface area contributed by atoms with Crippen molar-refractivity contribution in [1.82, 2.24) is 14.8 Å². The lowest BCUT2D eigenvalue weighted by Crippen LogP contribution is -2.17. The quantitative estimate of drug-likeness (QED) is 0.378. The lowest BCUT2D eigenvalue weighted by atomic mass is 10.0. The van der Waals surface area contributed by atoms with E-state index in [2.05, 4.69) is 61.5 Å². The molecule has 33 heavy (non-hydrogen) atoms. The Balaban J connectivity index is 1.49. The maximum Gasteiger partial charge on any atom is 0.229 e. The van der Waals surface area contributed by atoms with Gasteiger partial charge < -0.3 is 5.32 Å². The molecule has 1 amide bonds. The Bertz CT molecular complexity index is 1530. The van der Waals surface area contributed by atoms with E-state index in [1.54, 1.807) is 4.68 Å². The minimum Gasteiger partial charge on any atom is -0.310 e. The van der Waals surface area contributed by atoms with E-state index in [0.29, 0.717) is 11.6 Å². The van der Waals surface area contributed by atoms with Crippen LogP contribution in [0.5, 0.6) is 0 Å². The van der Waals surface area contributed by atoms with E-state index < -0.39 is 0 Å². The number of carbonyl (C=O) groups is 1. The molecule has 2 heterocycles. The summed E-state index contributed by atoms with van der Waals surface area (Å²) in [7, 11) is 0. The minimum atomic E-state index is -0.0863. The average Bonchev–Trinajstić information content (AvgIpc) is 3.14. The number of hydrogen-bond acceptors (Lipinski definition) is 3. The second kappa shape index (κ2) is 8.17. The third kappa shape index (κ3) is 3.98. The molecule has 3 aromatic carbocycles.